The third-order valence-corrected chi connectivity index (χ3v) is 5.82. The van der Waals surface area contributed by atoms with Crippen LogP contribution in [0.15, 0.2) is 83.5 Å². The van der Waals surface area contributed by atoms with Crippen molar-refractivity contribution in [3.05, 3.63) is 112 Å². The maximum Gasteiger partial charge on any atom is 0.345 e. The lowest BCUT2D eigenvalue weighted by atomic mass is 10.1. The molecule has 1 amide bonds. The van der Waals surface area contributed by atoms with Crippen LogP contribution in [0.5, 0.6) is 5.75 Å². The van der Waals surface area contributed by atoms with Gasteiger partial charge in [0.25, 0.3) is 5.91 Å². The van der Waals surface area contributed by atoms with Crippen LogP contribution < -0.4 is 9.64 Å². The second kappa shape index (κ2) is 9.84. The van der Waals surface area contributed by atoms with Crippen LogP contribution in [0.4, 0.5) is 5.69 Å². The molecule has 4 aromatic rings. The fraction of sp³-hybridized carbons (Fsp3) is 0.138. The Kier molecular flexibility index (Phi) is 6.43. The van der Waals surface area contributed by atoms with E-state index in [1.807, 2.05) is 36.4 Å². The highest BCUT2D eigenvalue weighted by Crippen LogP contribution is 2.34. The van der Waals surface area contributed by atoms with Crippen LogP contribution >= 0.6 is 11.6 Å². The molecule has 0 fully saturated rings. The summed E-state index contributed by atoms with van der Waals surface area (Å²) in [5, 5.41) is 4.31. The van der Waals surface area contributed by atoms with Crippen LogP contribution in [0.25, 0.3) is 0 Å². The quantitative estimate of drug-likeness (QED) is 0.251. The summed E-state index contributed by atoms with van der Waals surface area (Å²) < 4.78 is 16.2. The van der Waals surface area contributed by atoms with Crippen molar-refractivity contribution in [3.8, 4) is 17.6 Å². The summed E-state index contributed by atoms with van der Waals surface area (Å²) in [5.74, 6) is 4.68. The minimum absolute atomic E-state index is 0.0723. The average Bonchev–Trinajstić information content (AvgIpc) is 3.42. The topological polar surface area (TPSA) is 81.9 Å². The molecule has 1 aliphatic heterocycles. The number of hydrogen-bond acceptors (Lipinski definition) is 6. The van der Waals surface area contributed by atoms with E-state index in [4.69, 9.17) is 25.6 Å². The smallest absolute Gasteiger partial charge is 0.345 e. The zero-order valence-electron chi connectivity index (χ0n) is 20.0. The molecule has 0 saturated carbocycles. The summed E-state index contributed by atoms with van der Waals surface area (Å²) >= 11 is 5.93. The number of aromatic nitrogens is 1. The highest BCUT2D eigenvalue weighted by molar-refractivity contribution is 6.30. The van der Waals surface area contributed by atoms with Crippen LogP contribution in [0.3, 0.4) is 0 Å². The number of anilines is 1. The van der Waals surface area contributed by atoms with Crippen molar-refractivity contribution in [3.63, 3.8) is 0 Å². The first-order chi connectivity index (χ1) is 17.8. The van der Waals surface area contributed by atoms with Crippen molar-refractivity contribution in [2.75, 3.05) is 4.90 Å². The van der Waals surface area contributed by atoms with Gasteiger partial charge < -0.3 is 18.9 Å². The van der Waals surface area contributed by atoms with Gasteiger partial charge in [0.1, 0.15) is 11.3 Å². The number of cyclic esters (lactones) is 1. The van der Waals surface area contributed by atoms with Crippen molar-refractivity contribution in [2.24, 2.45) is 0 Å². The molecule has 184 valence electrons. The average molecular weight is 513 g/mol. The summed E-state index contributed by atoms with van der Waals surface area (Å²) in [5.41, 5.74) is 3.24. The molecule has 1 aliphatic rings. The van der Waals surface area contributed by atoms with Gasteiger partial charge in [-0.3, -0.25) is 4.79 Å². The molecule has 0 bridgehead atoms. The van der Waals surface area contributed by atoms with Gasteiger partial charge in [-0.2, -0.15) is 0 Å². The van der Waals surface area contributed by atoms with Gasteiger partial charge in [0.15, 0.2) is 0 Å². The summed E-state index contributed by atoms with van der Waals surface area (Å²) in [6.45, 7) is 3.53. The first-order valence-electron chi connectivity index (χ1n) is 11.4. The van der Waals surface area contributed by atoms with E-state index in [9.17, 15) is 9.59 Å². The van der Waals surface area contributed by atoms with Gasteiger partial charge in [0, 0.05) is 41.8 Å². The van der Waals surface area contributed by atoms with E-state index in [0.29, 0.717) is 16.5 Å². The molecular formula is C29H21ClN2O5. The van der Waals surface area contributed by atoms with Crippen molar-refractivity contribution in [2.45, 2.75) is 26.2 Å². The predicted octanol–water partition coefficient (Wildman–Crippen LogP) is 5.86. The van der Waals surface area contributed by atoms with Crippen LogP contribution in [-0.4, -0.2) is 22.8 Å². The first kappa shape index (κ1) is 24.2. The van der Waals surface area contributed by atoms with E-state index < -0.39 is 17.7 Å². The van der Waals surface area contributed by atoms with Crippen molar-refractivity contribution < 1.29 is 23.6 Å². The van der Waals surface area contributed by atoms with Crippen LogP contribution in [0.2, 0.25) is 5.02 Å². The van der Waals surface area contributed by atoms with E-state index in [1.165, 1.54) is 17.2 Å². The number of halogens is 1. The number of fused-ring (bicyclic) bond motifs is 1. The third-order valence-electron chi connectivity index (χ3n) is 5.57. The van der Waals surface area contributed by atoms with Crippen LogP contribution in [0, 0.1) is 11.8 Å². The zero-order chi connectivity index (χ0) is 26.0. The molecule has 0 unspecified atom stereocenters. The zero-order valence-corrected chi connectivity index (χ0v) is 20.8. The Balaban J connectivity index is 1.42. The molecule has 0 atom stereocenters. The largest absolute Gasteiger partial charge is 0.452 e. The van der Waals surface area contributed by atoms with Gasteiger partial charge in [-0.25, -0.2) is 4.79 Å². The minimum atomic E-state index is -1.07. The maximum atomic E-state index is 13.3. The molecule has 0 spiro atoms. The molecule has 0 radical (unpaired) electrons. The molecule has 0 aliphatic carbocycles. The Morgan fingerprint density at radius 1 is 0.946 bits per heavy atom. The first-order valence-corrected chi connectivity index (χ1v) is 11.8. The van der Waals surface area contributed by atoms with Gasteiger partial charge in [-0.05, 0) is 60.2 Å². The Hall–Kier alpha value is -4.54. The fourth-order valence-electron chi connectivity index (χ4n) is 3.79. The number of rotatable bonds is 4. The number of ether oxygens (including phenoxy) is 2. The number of amides is 1. The highest BCUT2D eigenvalue weighted by atomic mass is 35.5. The Labute approximate surface area is 218 Å². The maximum absolute atomic E-state index is 13.3. The molecule has 0 saturated heterocycles. The molecule has 2 heterocycles. The van der Waals surface area contributed by atoms with Gasteiger partial charge in [-0.15, -0.1) is 0 Å². The summed E-state index contributed by atoms with van der Waals surface area (Å²) in [4.78, 5) is 27.4. The molecule has 1 aromatic heterocycles. The van der Waals surface area contributed by atoms with Gasteiger partial charge in [0.2, 0.25) is 11.5 Å². The highest BCUT2D eigenvalue weighted by Gasteiger charge is 2.34. The van der Waals surface area contributed by atoms with Crippen molar-refractivity contribution in [1.82, 2.24) is 5.16 Å². The van der Waals surface area contributed by atoms with E-state index in [-0.39, 0.29) is 17.9 Å². The van der Waals surface area contributed by atoms with E-state index >= 15 is 0 Å². The number of benzene rings is 3. The summed E-state index contributed by atoms with van der Waals surface area (Å²) in [6, 6.07) is 21.3. The Morgan fingerprint density at radius 2 is 1.62 bits per heavy atom. The molecule has 8 heteroatoms. The van der Waals surface area contributed by atoms with Gasteiger partial charge in [0.05, 0.1) is 12.7 Å². The van der Waals surface area contributed by atoms with Crippen molar-refractivity contribution in [1.29, 1.82) is 0 Å². The molecule has 5 rings (SSSR count). The number of esters is 1. The normalized spacial score (nSPS) is 13.4. The second-order valence-corrected chi connectivity index (χ2v) is 9.23. The van der Waals surface area contributed by atoms with Crippen molar-refractivity contribution >= 4 is 29.2 Å². The number of carbonyl (C=O) groups is 2. The van der Waals surface area contributed by atoms with Gasteiger partial charge >= 0.3 is 5.97 Å². The standard InChI is InChI=1S/C29H21ClN2O5/c1-29(2)35-25-14-13-23(17-24(25)28(34)36-29)32(27(33)26-15-16-31-37-26)18-21-7-5-19(6-8-21)3-4-20-9-11-22(30)12-10-20/h5-17H,18H2,1-2H3. The monoisotopic (exact) mass is 512 g/mol. The lowest BCUT2D eigenvalue weighted by Gasteiger charge is -2.32. The molecule has 3 aromatic carbocycles. The lowest BCUT2D eigenvalue weighted by molar-refractivity contribution is -0.127. The van der Waals surface area contributed by atoms with Crippen LogP contribution in [-0.2, 0) is 11.3 Å². The number of nitrogens with zero attached hydrogens (tertiary/aromatic N) is 2. The SMILES string of the molecule is CC1(C)OC(=O)c2cc(N(Cc3ccc(C#Cc4ccc(Cl)cc4)cc3)C(=O)c3ccno3)ccc2O1. The summed E-state index contributed by atoms with van der Waals surface area (Å²) in [7, 11) is 0. The Bertz CT molecular complexity index is 1520. The van der Waals surface area contributed by atoms with E-state index in [1.54, 1.807) is 44.2 Å². The second-order valence-electron chi connectivity index (χ2n) is 8.79. The van der Waals surface area contributed by atoms with Crippen LogP contribution in [0.1, 0.15) is 51.5 Å². The number of hydrogen-bond donors (Lipinski definition) is 0. The van der Waals surface area contributed by atoms with E-state index in [0.717, 1.165) is 16.7 Å². The summed E-state index contributed by atoms with van der Waals surface area (Å²) in [6.07, 6.45) is 1.40. The predicted molar refractivity (Wildman–Crippen MR) is 137 cm³/mol. The van der Waals surface area contributed by atoms with Gasteiger partial charge in [-0.1, -0.05) is 40.7 Å². The number of carbonyl (C=O) groups excluding carboxylic acids is 2. The molecular weight excluding hydrogens is 492 g/mol. The van der Waals surface area contributed by atoms with E-state index in [2.05, 4.69) is 17.0 Å². The third kappa shape index (κ3) is 5.50. The molecule has 7 nitrogen and oxygen atoms in total. The lowest BCUT2D eigenvalue weighted by Crippen LogP contribution is -2.39. The molecule has 37 heavy (non-hydrogen) atoms. The fourth-order valence-corrected chi connectivity index (χ4v) is 3.92. The Morgan fingerprint density at radius 3 is 2.27 bits per heavy atom. The minimum Gasteiger partial charge on any atom is -0.452 e. The molecule has 0 N–H and O–H groups in total.